The fourth-order valence-corrected chi connectivity index (χ4v) is 2.97. The fraction of sp³-hybridized carbons (Fsp3) is 0.412. The molecule has 0 saturated carbocycles. The van der Waals surface area contributed by atoms with Gasteiger partial charge in [-0.15, -0.1) is 0 Å². The Hall–Kier alpha value is -2.30. The SMILES string of the molecule is CCCc1nn(-c2cccc(C(=O)O)c2)c2c1CCCCN2. The van der Waals surface area contributed by atoms with Gasteiger partial charge in [0.1, 0.15) is 5.82 Å². The molecule has 0 atom stereocenters. The molecule has 22 heavy (non-hydrogen) atoms. The van der Waals surface area contributed by atoms with Crippen molar-refractivity contribution >= 4 is 11.8 Å². The molecular formula is C17H21N3O2. The van der Waals surface area contributed by atoms with Crippen LogP contribution in [0.2, 0.25) is 0 Å². The number of benzene rings is 1. The molecule has 0 aliphatic carbocycles. The third-order valence-electron chi connectivity index (χ3n) is 4.04. The highest BCUT2D eigenvalue weighted by Crippen LogP contribution is 2.29. The Bertz CT molecular complexity index is 691. The van der Waals surface area contributed by atoms with Crippen LogP contribution in [-0.4, -0.2) is 27.4 Å². The molecule has 5 nitrogen and oxygen atoms in total. The summed E-state index contributed by atoms with van der Waals surface area (Å²) in [4.78, 5) is 11.2. The summed E-state index contributed by atoms with van der Waals surface area (Å²) in [5.74, 6) is 0.116. The van der Waals surface area contributed by atoms with E-state index in [2.05, 4.69) is 12.2 Å². The number of carboxylic acids is 1. The van der Waals surface area contributed by atoms with E-state index in [1.165, 1.54) is 5.56 Å². The summed E-state index contributed by atoms with van der Waals surface area (Å²) >= 11 is 0. The molecule has 1 aromatic carbocycles. The maximum Gasteiger partial charge on any atom is 0.335 e. The standard InChI is InChI=1S/C17H21N3O2/c1-2-6-15-14-9-3-4-10-18-16(14)20(19-15)13-8-5-7-12(11-13)17(21)22/h5,7-8,11,18H,2-4,6,9-10H2,1H3,(H,21,22). The molecule has 1 aliphatic heterocycles. The maximum absolute atomic E-state index is 11.2. The number of aromatic nitrogens is 2. The van der Waals surface area contributed by atoms with E-state index in [1.54, 1.807) is 18.2 Å². The van der Waals surface area contributed by atoms with Crippen molar-refractivity contribution in [3.8, 4) is 5.69 Å². The summed E-state index contributed by atoms with van der Waals surface area (Å²) in [5, 5.41) is 17.4. The Morgan fingerprint density at radius 2 is 2.27 bits per heavy atom. The third kappa shape index (κ3) is 2.71. The quantitative estimate of drug-likeness (QED) is 0.909. The van der Waals surface area contributed by atoms with Crippen LogP contribution in [-0.2, 0) is 12.8 Å². The molecule has 116 valence electrons. The van der Waals surface area contributed by atoms with Crippen LogP contribution in [0.4, 0.5) is 5.82 Å². The highest BCUT2D eigenvalue weighted by atomic mass is 16.4. The van der Waals surface area contributed by atoms with Gasteiger partial charge in [-0.2, -0.15) is 5.10 Å². The van der Waals surface area contributed by atoms with Crippen molar-refractivity contribution in [3.05, 3.63) is 41.1 Å². The minimum atomic E-state index is -0.915. The minimum Gasteiger partial charge on any atom is -0.478 e. The summed E-state index contributed by atoms with van der Waals surface area (Å²) in [6.45, 7) is 3.09. The molecule has 0 amide bonds. The molecule has 3 rings (SSSR count). The van der Waals surface area contributed by atoms with Crippen molar-refractivity contribution in [3.63, 3.8) is 0 Å². The molecule has 1 aliphatic rings. The molecule has 5 heteroatoms. The zero-order valence-electron chi connectivity index (χ0n) is 12.8. The average molecular weight is 299 g/mol. The van der Waals surface area contributed by atoms with E-state index in [9.17, 15) is 9.90 Å². The van der Waals surface area contributed by atoms with Gasteiger partial charge in [0.15, 0.2) is 0 Å². The lowest BCUT2D eigenvalue weighted by Crippen LogP contribution is -2.08. The molecule has 0 radical (unpaired) electrons. The van der Waals surface area contributed by atoms with E-state index >= 15 is 0 Å². The van der Waals surface area contributed by atoms with Crippen molar-refractivity contribution < 1.29 is 9.90 Å². The first kappa shape index (κ1) is 14.6. The molecule has 1 aromatic heterocycles. The van der Waals surface area contributed by atoms with Crippen LogP contribution in [0.5, 0.6) is 0 Å². The zero-order chi connectivity index (χ0) is 15.5. The van der Waals surface area contributed by atoms with Crippen molar-refractivity contribution in [2.75, 3.05) is 11.9 Å². The number of rotatable bonds is 4. The van der Waals surface area contributed by atoms with E-state index in [0.29, 0.717) is 0 Å². The van der Waals surface area contributed by atoms with Crippen molar-refractivity contribution in [1.82, 2.24) is 9.78 Å². The van der Waals surface area contributed by atoms with Crippen molar-refractivity contribution in [1.29, 1.82) is 0 Å². The molecule has 0 spiro atoms. The van der Waals surface area contributed by atoms with Gasteiger partial charge < -0.3 is 10.4 Å². The van der Waals surface area contributed by atoms with Gasteiger partial charge in [-0.25, -0.2) is 9.48 Å². The van der Waals surface area contributed by atoms with Crippen LogP contribution >= 0.6 is 0 Å². The van der Waals surface area contributed by atoms with Gasteiger partial charge in [0.2, 0.25) is 0 Å². The molecule has 2 N–H and O–H groups in total. The second-order valence-corrected chi connectivity index (χ2v) is 5.68. The number of carbonyl (C=O) groups is 1. The molecule has 2 heterocycles. The number of hydrogen-bond donors (Lipinski definition) is 2. The van der Waals surface area contributed by atoms with Crippen LogP contribution in [0.15, 0.2) is 24.3 Å². The lowest BCUT2D eigenvalue weighted by atomic mass is 10.1. The topological polar surface area (TPSA) is 67.2 Å². The van der Waals surface area contributed by atoms with Gasteiger partial charge in [-0.1, -0.05) is 19.4 Å². The van der Waals surface area contributed by atoms with Gasteiger partial charge in [0.25, 0.3) is 0 Å². The predicted octanol–water partition coefficient (Wildman–Crippen LogP) is 3.27. The number of carboxylic acid groups (broad SMARTS) is 1. The second kappa shape index (κ2) is 6.22. The van der Waals surface area contributed by atoms with E-state index in [-0.39, 0.29) is 5.56 Å². The zero-order valence-corrected chi connectivity index (χ0v) is 12.8. The number of nitrogens with one attached hydrogen (secondary N) is 1. The first-order valence-corrected chi connectivity index (χ1v) is 7.89. The number of nitrogens with zero attached hydrogens (tertiary/aromatic N) is 2. The largest absolute Gasteiger partial charge is 0.478 e. The first-order chi connectivity index (χ1) is 10.7. The highest BCUT2D eigenvalue weighted by Gasteiger charge is 2.20. The molecule has 0 fully saturated rings. The smallest absolute Gasteiger partial charge is 0.335 e. The minimum absolute atomic E-state index is 0.285. The Kier molecular flexibility index (Phi) is 4.13. The first-order valence-electron chi connectivity index (χ1n) is 7.89. The Balaban J connectivity index is 2.10. The van der Waals surface area contributed by atoms with Gasteiger partial charge in [0.05, 0.1) is 16.9 Å². The number of aryl methyl sites for hydroxylation is 1. The number of aromatic carboxylic acids is 1. The Labute approximate surface area is 130 Å². The summed E-state index contributed by atoms with van der Waals surface area (Å²) in [7, 11) is 0. The van der Waals surface area contributed by atoms with Crippen LogP contribution in [0.3, 0.4) is 0 Å². The predicted molar refractivity (Wildman–Crippen MR) is 85.9 cm³/mol. The number of fused-ring (bicyclic) bond motifs is 1. The molecular weight excluding hydrogens is 278 g/mol. The molecule has 0 bridgehead atoms. The van der Waals surface area contributed by atoms with Gasteiger partial charge in [-0.3, -0.25) is 0 Å². The summed E-state index contributed by atoms with van der Waals surface area (Å²) in [5.41, 5.74) is 3.51. The lowest BCUT2D eigenvalue weighted by Gasteiger charge is -2.09. The van der Waals surface area contributed by atoms with Crippen LogP contribution in [0, 0.1) is 0 Å². The monoisotopic (exact) mass is 299 g/mol. The summed E-state index contributed by atoms with van der Waals surface area (Å²) in [6.07, 6.45) is 5.36. The van der Waals surface area contributed by atoms with E-state index in [0.717, 1.165) is 55.8 Å². The second-order valence-electron chi connectivity index (χ2n) is 5.68. The average Bonchev–Trinajstić information content (AvgIpc) is 2.71. The molecule has 0 saturated heterocycles. The fourth-order valence-electron chi connectivity index (χ4n) is 2.97. The summed E-state index contributed by atoms with van der Waals surface area (Å²) < 4.78 is 1.87. The third-order valence-corrected chi connectivity index (χ3v) is 4.04. The number of hydrogen-bond acceptors (Lipinski definition) is 3. The van der Waals surface area contributed by atoms with Crippen LogP contribution in [0.1, 0.15) is 47.8 Å². The van der Waals surface area contributed by atoms with Gasteiger partial charge in [-0.05, 0) is 43.9 Å². The normalized spacial score (nSPS) is 14.0. The van der Waals surface area contributed by atoms with E-state index in [1.807, 2.05) is 10.7 Å². The van der Waals surface area contributed by atoms with Gasteiger partial charge in [0, 0.05) is 12.1 Å². The van der Waals surface area contributed by atoms with Crippen LogP contribution in [0.25, 0.3) is 5.69 Å². The summed E-state index contributed by atoms with van der Waals surface area (Å²) in [6, 6.07) is 6.96. The lowest BCUT2D eigenvalue weighted by molar-refractivity contribution is 0.0697. The highest BCUT2D eigenvalue weighted by molar-refractivity contribution is 5.88. The van der Waals surface area contributed by atoms with Crippen molar-refractivity contribution in [2.45, 2.75) is 39.0 Å². The van der Waals surface area contributed by atoms with E-state index in [4.69, 9.17) is 5.10 Å². The molecule has 2 aromatic rings. The maximum atomic E-state index is 11.2. The van der Waals surface area contributed by atoms with Crippen molar-refractivity contribution in [2.24, 2.45) is 0 Å². The molecule has 0 unspecified atom stereocenters. The van der Waals surface area contributed by atoms with E-state index < -0.39 is 5.97 Å². The number of anilines is 1. The van der Waals surface area contributed by atoms with Crippen LogP contribution < -0.4 is 5.32 Å². The Morgan fingerprint density at radius 1 is 1.41 bits per heavy atom. The van der Waals surface area contributed by atoms with Gasteiger partial charge >= 0.3 is 5.97 Å². The Morgan fingerprint density at radius 3 is 3.05 bits per heavy atom.